The number of carbonyl (C=O) groups excluding carboxylic acids is 1. The van der Waals surface area contributed by atoms with Crippen LogP contribution in [0.25, 0.3) is 0 Å². The molecule has 0 heterocycles. The highest BCUT2D eigenvalue weighted by atomic mass is 19.1. The van der Waals surface area contributed by atoms with Crippen LogP contribution in [0.4, 0.5) is 4.39 Å². The van der Waals surface area contributed by atoms with Crippen molar-refractivity contribution in [1.82, 2.24) is 0 Å². The fourth-order valence-corrected chi connectivity index (χ4v) is 2.10. The summed E-state index contributed by atoms with van der Waals surface area (Å²) >= 11 is 0. The number of benzene rings is 2. The fourth-order valence-electron chi connectivity index (χ4n) is 2.10. The van der Waals surface area contributed by atoms with Crippen molar-refractivity contribution in [3.63, 3.8) is 0 Å². The number of rotatable bonds is 6. The van der Waals surface area contributed by atoms with Gasteiger partial charge in [-0.15, -0.1) is 0 Å². The lowest BCUT2D eigenvalue weighted by molar-refractivity contribution is -0.133. The summed E-state index contributed by atoms with van der Waals surface area (Å²) in [7, 11) is 4.48. The maximum atomic E-state index is 13.1. The summed E-state index contributed by atoms with van der Waals surface area (Å²) in [4.78, 5) is 12.0. The smallest absolute Gasteiger partial charge is 0.315 e. The van der Waals surface area contributed by atoms with Crippen molar-refractivity contribution in [1.29, 1.82) is 0 Å². The highest BCUT2D eigenvalue weighted by molar-refractivity contribution is 5.76. The summed E-state index contributed by atoms with van der Waals surface area (Å²) in [5.74, 6) is 0.494. The van der Waals surface area contributed by atoms with Crippen molar-refractivity contribution in [2.75, 3.05) is 21.3 Å². The van der Waals surface area contributed by atoms with Crippen LogP contribution in [0.15, 0.2) is 36.4 Å². The lowest BCUT2D eigenvalue weighted by Gasteiger charge is -2.14. The number of methoxy groups -OCH3 is 3. The Balaban J connectivity index is 2.17. The molecule has 0 aliphatic rings. The van der Waals surface area contributed by atoms with Gasteiger partial charge in [0.15, 0.2) is 11.5 Å². The first-order valence-corrected chi connectivity index (χ1v) is 6.82. The second-order valence-electron chi connectivity index (χ2n) is 4.64. The molecule has 2 aromatic rings. The molecule has 0 saturated carbocycles. The molecular weight excluding hydrogens is 303 g/mol. The van der Waals surface area contributed by atoms with Gasteiger partial charge >= 0.3 is 5.97 Å². The van der Waals surface area contributed by atoms with Crippen molar-refractivity contribution < 1.29 is 28.1 Å². The zero-order chi connectivity index (χ0) is 16.8. The van der Waals surface area contributed by atoms with Crippen molar-refractivity contribution in [2.45, 2.75) is 6.42 Å². The van der Waals surface area contributed by atoms with Crippen LogP contribution in [0, 0.1) is 5.82 Å². The number of carbonyl (C=O) groups is 1. The molecule has 0 atom stereocenters. The maximum absolute atomic E-state index is 13.1. The monoisotopic (exact) mass is 320 g/mol. The molecular formula is C17H17FO5. The molecule has 2 aromatic carbocycles. The van der Waals surface area contributed by atoms with E-state index in [4.69, 9.17) is 18.9 Å². The lowest BCUT2D eigenvalue weighted by Crippen LogP contribution is -2.11. The Morgan fingerprint density at radius 2 is 1.65 bits per heavy atom. The zero-order valence-corrected chi connectivity index (χ0v) is 13.1. The molecule has 0 bridgehead atoms. The standard InChI is InChI=1S/C17H17FO5/c1-20-14-7-11(8-15(21-2)17(14)22-3)9-16(19)23-13-6-4-5-12(18)10-13/h4-8,10H,9H2,1-3H3. The quantitative estimate of drug-likeness (QED) is 0.605. The van der Waals surface area contributed by atoms with Crippen LogP contribution in [-0.4, -0.2) is 27.3 Å². The Hall–Kier alpha value is -2.76. The third-order valence-corrected chi connectivity index (χ3v) is 3.10. The van der Waals surface area contributed by atoms with E-state index in [2.05, 4.69) is 0 Å². The maximum Gasteiger partial charge on any atom is 0.315 e. The van der Waals surface area contributed by atoms with Gasteiger partial charge < -0.3 is 18.9 Å². The minimum Gasteiger partial charge on any atom is -0.493 e. The molecule has 2 rings (SSSR count). The van der Waals surface area contributed by atoms with Gasteiger partial charge in [-0.1, -0.05) is 6.07 Å². The molecule has 0 radical (unpaired) electrons. The van der Waals surface area contributed by atoms with E-state index in [-0.39, 0.29) is 12.2 Å². The predicted octanol–water partition coefficient (Wildman–Crippen LogP) is 3.00. The van der Waals surface area contributed by atoms with Crippen LogP contribution >= 0.6 is 0 Å². The highest BCUT2D eigenvalue weighted by Gasteiger charge is 2.15. The van der Waals surface area contributed by atoms with Gasteiger partial charge in [0.05, 0.1) is 27.8 Å². The van der Waals surface area contributed by atoms with Gasteiger partial charge in [0.2, 0.25) is 5.75 Å². The minimum atomic E-state index is -0.523. The number of hydrogen-bond acceptors (Lipinski definition) is 5. The van der Waals surface area contributed by atoms with Crippen LogP contribution in [0.5, 0.6) is 23.0 Å². The second-order valence-corrected chi connectivity index (χ2v) is 4.64. The topological polar surface area (TPSA) is 54.0 Å². The molecule has 5 nitrogen and oxygen atoms in total. The molecule has 0 unspecified atom stereocenters. The molecule has 23 heavy (non-hydrogen) atoms. The molecule has 0 aromatic heterocycles. The Labute approximate surface area is 133 Å². The molecule has 6 heteroatoms. The van der Waals surface area contributed by atoms with E-state index >= 15 is 0 Å². The Bertz CT molecular complexity index is 674. The van der Waals surface area contributed by atoms with Gasteiger partial charge in [-0.05, 0) is 29.8 Å². The van der Waals surface area contributed by atoms with Crippen molar-refractivity contribution in [2.24, 2.45) is 0 Å². The minimum absolute atomic E-state index is 0.0206. The Morgan fingerprint density at radius 3 is 2.17 bits per heavy atom. The summed E-state index contributed by atoms with van der Waals surface area (Å²) in [5, 5.41) is 0. The third kappa shape index (κ3) is 4.12. The molecule has 0 fully saturated rings. The van der Waals surface area contributed by atoms with Gasteiger partial charge in [-0.2, -0.15) is 0 Å². The summed E-state index contributed by atoms with van der Waals surface area (Å²) in [6, 6.07) is 8.72. The number of ether oxygens (including phenoxy) is 4. The molecule has 0 N–H and O–H groups in total. The van der Waals surface area contributed by atoms with Crippen molar-refractivity contribution >= 4 is 5.97 Å². The van der Waals surface area contributed by atoms with Crippen LogP contribution < -0.4 is 18.9 Å². The van der Waals surface area contributed by atoms with E-state index in [0.717, 1.165) is 6.07 Å². The Morgan fingerprint density at radius 1 is 1.00 bits per heavy atom. The van der Waals surface area contributed by atoms with E-state index in [1.807, 2.05) is 0 Å². The molecule has 122 valence electrons. The fraction of sp³-hybridized carbons (Fsp3) is 0.235. The van der Waals surface area contributed by atoms with Gasteiger partial charge in [0.25, 0.3) is 0 Å². The van der Waals surface area contributed by atoms with Crippen molar-refractivity contribution in [3.8, 4) is 23.0 Å². The normalized spacial score (nSPS) is 10.1. The Kier molecular flexibility index (Phi) is 5.41. The second kappa shape index (κ2) is 7.49. The van der Waals surface area contributed by atoms with Crippen LogP contribution in [-0.2, 0) is 11.2 Å². The summed E-state index contributed by atoms with van der Waals surface area (Å²) in [6.07, 6.45) is -0.0206. The average Bonchev–Trinajstić information content (AvgIpc) is 2.53. The molecule has 0 aliphatic carbocycles. The first kappa shape index (κ1) is 16.6. The van der Waals surface area contributed by atoms with Crippen LogP contribution in [0.1, 0.15) is 5.56 Å². The average molecular weight is 320 g/mol. The first-order valence-electron chi connectivity index (χ1n) is 6.82. The van der Waals surface area contributed by atoms with Crippen LogP contribution in [0.2, 0.25) is 0 Å². The SMILES string of the molecule is COc1cc(CC(=O)Oc2cccc(F)c2)cc(OC)c1OC. The van der Waals surface area contributed by atoms with E-state index in [1.165, 1.54) is 39.5 Å². The number of halogens is 1. The summed E-state index contributed by atoms with van der Waals surface area (Å²) < 4.78 is 33.9. The summed E-state index contributed by atoms with van der Waals surface area (Å²) in [6.45, 7) is 0. The molecule has 0 aliphatic heterocycles. The lowest BCUT2D eigenvalue weighted by atomic mass is 10.1. The van der Waals surface area contributed by atoms with Gasteiger partial charge in [-0.25, -0.2) is 4.39 Å². The van der Waals surface area contributed by atoms with Gasteiger partial charge in [0.1, 0.15) is 11.6 Å². The van der Waals surface area contributed by atoms with Crippen molar-refractivity contribution in [3.05, 3.63) is 47.8 Å². The highest BCUT2D eigenvalue weighted by Crippen LogP contribution is 2.38. The predicted molar refractivity (Wildman–Crippen MR) is 81.8 cm³/mol. The van der Waals surface area contributed by atoms with Gasteiger partial charge in [0, 0.05) is 6.07 Å². The van der Waals surface area contributed by atoms with E-state index < -0.39 is 11.8 Å². The molecule has 0 amide bonds. The van der Waals surface area contributed by atoms with Crippen LogP contribution in [0.3, 0.4) is 0 Å². The molecule has 0 spiro atoms. The molecule has 0 saturated heterocycles. The first-order chi connectivity index (χ1) is 11.1. The van der Waals surface area contributed by atoms with Gasteiger partial charge in [-0.3, -0.25) is 4.79 Å². The number of esters is 1. The summed E-state index contributed by atoms with van der Waals surface area (Å²) in [5.41, 5.74) is 0.626. The largest absolute Gasteiger partial charge is 0.493 e. The van der Waals surface area contributed by atoms with E-state index in [1.54, 1.807) is 12.1 Å². The third-order valence-electron chi connectivity index (χ3n) is 3.10. The van der Waals surface area contributed by atoms with E-state index in [0.29, 0.717) is 22.8 Å². The zero-order valence-electron chi connectivity index (χ0n) is 13.1. The number of hydrogen-bond donors (Lipinski definition) is 0. The van der Waals surface area contributed by atoms with E-state index in [9.17, 15) is 9.18 Å².